The Balaban J connectivity index is 1.88. The second kappa shape index (κ2) is 7.12. The third kappa shape index (κ3) is 4.35. The zero-order chi connectivity index (χ0) is 16.0. The first-order valence-electron chi connectivity index (χ1n) is 7.59. The summed E-state index contributed by atoms with van der Waals surface area (Å²) in [6.07, 6.45) is 1.08. The molecule has 116 valence electrons. The van der Waals surface area contributed by atoms with Crippen molar-refractivity contribution in [2.24, 2.45) is 0 Å². The molecule has 3 heteroatoms. The van der Waals surface area contributed by atoms with E-state index in [1.807, 2.05) is 42.5 Å². The summed E-state index contributed by atoms with van der Waals surface area (Å²) in [7, 11) is 0. The quantitative estimate of drug-likeness (QED) is 0.858. The van der Waals surface area contributed by atoms with Crippen molar-refractivity contribution in [1.29, 1.82) is 0 Å². The highest BCUT2D eigenvalue weighted by Crippen LogP contribution is 2.27. The van der Waals surface area contributed by atoms with Crippen LogP contribution in [0, 0.1) is 0 Å². The summed E-state index contributed by atoms with van der Waals surface area (Å²) < 4.78 is 5.53. The molecule has 0 heterocycles. The van der Waals surface area contributed by atoms with Gasteiger partial charge in [-0.05, 0) is 41.7 Å². The topological polar surface area (TPSA) is 38.3 Å². The second-order valence-corrected chi connectivity index (χ2v) is 5.96. The van der Waals surface area contributed by atoms with E-state index in [4.69, 9.17) is 4.74 Å². The smallest absolute Gasteiger partial charge is 0.262 e. The van der Waals surface area contributed by atoms with E-state index in [0.29, 0.717) is 5.75 Å². The number of benzene rings is 2. The van der Waals surface area contributed by atoms with Crippen LogP contribution >= 0.6 is 0 Å². The van der Waals surface area contributed by atoms with E-state index in [-0.39, 0.29) is 17.9 Å². The molecule has 0 spiro atoms. The molecule has 0 saturated carbocycles. The van der Waals surface area contributed by atoms with Gasteiger partial charge in [0.25, 0.3) is 5.91 Å². The van der Waals surface area contributed by atoms with Gasteiger partial charge in [-0.25, -0.2) is 0 Å². The van der Waals surface area contributed by atoms with Gasteiger partial charge in [0.05, 0.1) is 0 Å². The van der Waals surface area contributed by atoms with E-state index in [1.165, 1.54) is 5.56 Å². The van der Waals surface area contributed by atoms with E-state index in [0.717, 1.165) is 12.1 Å². The summed E-state index contributed by atoms with van der Waals surface area (Å²) in [6, 6.07) is 17.3. The zero-order valence-electron chi connectivity index (χ0n) is 13.4. The molecular weight excluding hydrogens is 274 g/mol. The molecule has 0 unspecified atom stereocenters. The van der Waals surface area contributed by atoms with Gasteiger partial charge in [0, 0.05) is 5.69 Å². The molecule has 0 aliphatic carbocycles. The number of carbonyl (C=O) groups is 1. The van der Waals surface area contributed by atoms with Crippen molar-refractivity contribution in [2.45, 2.75) is 32.6 Å². The van der Waals surface area contributed by atoms with Crippen molar-refractivity contribution in [1.82, 2.24) is 0 Å². The number of hydrogen-bond donors (Lipinski definition) is 1. The molecule has 0 radical (unpaired) electrons. The first-order chi connectivity index (χ1) is 10.5. The van der Waals surface area contributed by atoms with E-state index >= 15 is 0 Å². The summed E-state index contributed by atoms with van der Waals surface area (Å²) >= 11 is 0. The number of nitrogens with one attached hydrogen (secondary N) is 1. The molecule has 2 rings (SSSR count). The number of amides is 1. The van der Waals surface area contributed by atoms with Gasteiger partial charge in [0.1, 0.15) is 5.75 Å². The molecule has 3 nitrogen and oxygen atoms in total. The Morgan fingerprint density at radius 1 is 1.05 bits per heavy atom. The van der Waals surface area contributed by atoms with Gasteiger partial charge in [-0.15, -0.1) is 0 Å². The van der Waals surface area contributed by atoms with Crippen LogP contribution in [0.4, 0.5) is 5.69 Å². The van der Waals surface area contributed by atoms with Crippen molar-refractivity contribution in [3.8, 4) is 5.75 Å². The summed E-state index contributed by atoms with van der Waals surface area (Å²) in [5.74, 6) is 0.544. The predicted octanol–water partition coefficient (Wildman–Crippen LogP) is 4.39. The Hall–Kier alpha value is -2.29. The summed E-state index contributed by atoms with van der Waals surface area (Å²) in [4.78, 5) is 11.8. The minimum atomic E-state index is -0.163. The standard InChI is InChI=1S/C19H23NO2/c1-4-19(2,3)15-10-12-17(13-11-15)22-14-18(21)20-16-8-6-5-7-9-16/h5-13H,4,14H2,1-3H3,(H,20,21). The lowest BCUT2D eigenvalue weighted by Crippen LogP contribution is -2.20. The molecule has 1 N–H and O–H groups in total. The highest BCUT2D eigenvalue weighted by molar-refractivity contribution is 5.91. The SMILES string of the molecule is CCC(C)(C)c1ccc(OCC(=O)Nc2ccccc2)cc1. The van der Waals surface area contributed by atoms with Crippen LogP contribution in [0.15, 0.2) is 54.6 Å². The van der Waals surface area contributed by atoms with Crippen LogP contribution in [0.25, 0.3) is 0 Å². The van der Waals surface area contributed by atoms with E-state index < -0.39 is 0 Å². The Morgan fingerprint density at radius 2 is 1.68 bits per heavy atom. The molecule has 0 aliphatic rings. The van der Waals surface area contributed by atoms with Gasteiger partial charge < -0.3 is 10.1 Å². The molecule has 0 bridgehead atoms. The molecule has 0 fully saturated rings. The molecule has 22 heavy (non-hydrogen) atoms. The number of carbonyl (C=O) groups excluding carboxylic acids is 1. The van der Waals surface area contributed by atoms with Gasteiger partial charge in [-0.3, -0.25) is 4.79 Å². The third-order valence-corrected chi connectivity index (χ3v) is 3.95. The monoisotopic (exact) mass is 297 g/mol. The van der Waals surface area contributed by atoms with Gasteiger partial charge in [-0.1, -0.05) is 51.1 Å². The Kier molecular flexibility index (Phi) is 5.21. The van der Waals surface area contributed by atoms with Gasteiger partial charge in [-0.2, -0.15) is 0 Å². The lowest BCUT2D eigenvalue weighted by molar-refractivity contribution is -0.118. The van der Waals surface area contributed by atoms with Crippen LogP contribution in [0.3, 0.4) is 0 Å². The molecule has 0 aliphatic heterocycles. The molecule has 0 atom stereocenters. The van der Waals surface area contributed by atoms with Crippen LogP contribution in [0.2, 0.25) is 0 Å². The van der Waals surface area contributed by atoms with Crippen molar-refractivity contribution < 1.29 is 9.53 Å². The average molecular weight is 297 g/mol. The Bertz CT molecular complexity index is 603. The minimum Gasteiger partial charge on any atom is -0.484 e. The van der Waals surface area contributed by atoms with Gasteiger partial charge in [0.15, 0.2) is 6.61 Å². The fraction of sp³-hybridized carbons (Fsp3) is 0.316. The Labute approximate surface area is 132 Å². The van der Waals surface area contributed by atoms with E-state index in [9.17, 15) is 4.79 Å². The minimum absolute atomic E-state index is 0.00537. The van der Waals surface area contributed by atoms with E-state index in [2.05, 4.69) is 38.2 Å². The second-order valence-electron chi connectivity index (χ2n) is 5.96. The summed E-state index contributed by atoms with van der Waals surface area (Å²) in [5.41, 5.74) is 2.20. The Morgan fingerprint density at radius 3 is 2.27 bits per heavy atom. The molecule has 0 aromatic heterocycles. The molecule has 2 aromatic rings. The highest BCUT2D eigenvalue weighted by Gasteiger charge is 2.17. The molecule has 1 amide bonds. The molecular formula is C19H23NO2. The van der Waals surface area contributed by atoms with E-state index in [1.54, 1.807) is 0 Å². The molecule has 0 saturated heterocycles. The van der Waals surface area contributed by atoms with Crippen LogP contribution in [0.1, 0.15) is 32.8 Å². The lowest BCUT2D eigenvalue weighted by atomic mass is 9.82. The summed E-state index contributed by atoms with van der Waals surface area (Å²) in [6.45, 7) is 6.62. The fourth-order valence-corrected chi connectivity index (χ4v) is 2.07. The normalized spacial score (nSPS) is 11.0. The average Bonchev–Trinajstić information content (AvgIpc) is 2.54. The maximum Gasteiger partial charge on any atom is 0.262 e. The predicted molar refractivity (Wildman–Crippen MR) is 90.3 cm³/mol. The fourth-order valence-electron chi connectivity index (χ4n) is 2.07. The van der Waals surface area contributed by atoms with Crippen molar-refractivity contribution in [3.63, 3.8) is 0 Å². The number of ether oxygens (including phenoxy) is 1. The maximum absolute atomic E-state index is 11.8. The largest absolute Gasteiger partial charge is 0.484 e. The first-order valence-corrected chi connectivity index (χ1v) is 7.59. The third-order valence-electron chi connectivity index (χ3n) is 3.95. The maximum atomic E-state index is 11.8. The number of para-hydroxylation sites is 1. The van der Waals surface area contributed by atoms with Crippen molar-refractivity contribution >= 4 is 11.6 Å². The first kappa shape index (κ1) is 16.1. The van der Waals surface area contributed by atoms with Gasteiger partial charge in [0.2, 0.25) is 0 Å². The van der Waals surface area contributed by atoms with Crippen LogP contribution < -0.4 is 10.1 Å². The number of hydrogen-bond acceptors (Lipinski definition) is 2. The van der Waals surface area contributed by atoms with Crippen LogP contribution in [-0.2, 0) is 10.2 Å². The summed E-state index contributed by atoms with van der Waals surface area (Å²) in [5, 5.41) is 2.79. The van der Waals surface area contributed by atoms with Crippen LogP contribution in [0.5, 0.6) is 5.75 Å². The lowest BCUT2D eigenvalue weighted by Gasteiger charge is -2.23. The zero-order valence-corrected chi connectivity index (χ0v) is 13.4. The number of rotatable bonds is 6. The highest BCUT2D eigenvalue weighted by atomic mass is 16.5. The number of anilines is 1. The van der Waals surface area contributed by atoms with Crippen molar-refractivity contribution in [2.75, 3.05) is 11.9 Å². The molecule has 2 aromatic carbocycles. The van der Waals surface area contributed by atoms with Crippen LogP contribution in [-0.4, -0.2) is 12.5 Å². The van der Waals surface area contributed by atoms with Gasteiger partial charge >= 0.3 is 0 Å². The van der Waals surface area contributed by atoms with Crippen molar-refractivity contribution in [3.05, 3.63) is 60.2 Å².